The summed E-state index contributed by atoms with van der Waals surface area (Å²) in [5.74, 6) is 0.313. The highest BCUT2D eigenvalue weighted by molar-refractivity contribution is 7.92. The monoisotopic (exact) mass is 458 g/mol. The number of aryl methyl sites for hydroxylation is 1. The number of rotatable bonds is 10. The Hall–Kier alpha value is -2.54. The SMILES string of the molecule is CCCCc1ccc(NS(=O)(=O)c2ccc(O[C@@H](C)C(=O)NC3CCCCC3)cc2)cc1. The van der Waals surface area contributed by atoms with Gasteiger partial charge in [-0.3, -0.25) is 9.52 Å². The largest absolute Gasteiger partial charge is 0.481 e. The highest BCUT2D eigenvalue weighted by atomic mass is 32.2. The third-order valence-corrected chi connectivity index (χ3v) is 7.19. The van der Waals surface area contributed by atoms with Gasteiger partial charge in [-0.15, -0.1) is 0 Å². The molecule has 1 amide bonds. The Morgan fingerprint density at radius 3 is 2.31 bits per heavy atom. The van der Waals surface area contributed by atoms with Crippen molar-refractivity contribution in [3.63, 3.8) is 0 Å². The number of amides is 1. The zero-order valence-corrected chi connectivity index (χ0v) is 19.8. The zero-order valence-electron chi connectivity index (χ0n) is 19.0. The average Bonchev–Trinajstić information content (AvgIpc) is 2.79. The average molecular weight is 459 g/mol. The molecule has 1 saturated carbocycles. The number of anilines is 1. The number of nitrogens with one attached hydrogen (secondary N) is 2. The second-order valence-corrected chi connectivity index (χ2v) is 10.2. The lowest BCUT2D eigenvalue weighted by molar-refractivity contribution is -0.128. The first-order chi connectivity index (χ1) is 15.4. The summed E-state index contributed by atoms with van der Waals surface area (Å²) in [7, 11) is -3.71. The lowest BCUT2D eigenvalue weighted by Gasteiger charge is -2.24. The van der Waals surface area contributed by atoms with Crippen molar-refractivity contribution in [2.45, 2.75) is 82.3 Å². The Morgan fingerprint density at radius 1 is 1.03 bits per heavy atom. The molecule has 174 valence electrons. The van der Waals surface area contributed by atoms with Crippen molar-refractivity contribution in [2.24, 2.45) is 0 Å². The lowest BCUT2D eigenvalue weighted by atomic mass is 9.95. The van der Waals surface area contributed by atoms with Crippen LogP contribution >= 0.6 is 0 Å². The summed E-state index contributed by atoms with van der Waals surface area (Å²) in [6.45, 7) is 3.85. The molecule has 32 heavy (non-hydrogen) atoms. The van der Waals surface area contributed by atoms with Crippen LogP contribution in [-0.2, 0) is 21.2 Å². The van der Waals surface area contributed by atoms with Gasteiger partial charge in [-0.25, -0.2) is 8.42 Å². The van der Waals surface area contributed by atoms with Crippen LogP contribution in [0, 0.1) is 0 Å². The van der Waals surface area contributed by atoms with Crippen LogP contribution in [0.25, 0.3) is 0 Å². The standard InChI is InChI=1S/C25H34N2O4S/c1-3-4-8-20-11-13-22(14-12-20)27-32(29,30)24-17-15-23(16-18-24)31-19(2)25(28)26-21-9-6-5-7-10-21/h11-19,21,27H,3-10H2,1-2H3,(H,26,28)/t19-/m0/s1. The van der Waals surface area contributed by atoms with Crippen molar-refractivity contribution in [2.75, 3.05) is 4.72 Å². The van der Waals surface area contributed by atoms with Crippen molar-refractivity contribution < 1.29 is 17.9 Å². The molecule has 0 spiro atoms. The summed E-state index contributed by atoms with van der Waals surface area (Å²) in [4.78, 5) is 12.5. The van der Waals surface area contributed by atoms with Gasteiger partial charge in [-0.2, -0.15) is 0 Å². The molecule has 0 radical (unpaired) electrons. The minimum atomic E-state index is -3.71. The fourth-order valence-electron chi connectivity index (χ4n) is 3.85. The van der Waals surface area contributed by atoms with Crippen molar-refractivity contribution in [3.05, 3.63) is 54.1 Å². The minimum Gasteiger partial charge on any atom is -0.481 e. The fraction of sp³-hybridized carbons (Fsp3) is 0.480. The summed E-state index contributed by atoms with van der Waals surface area (Å²) in [6, 6.07) is 13.8. The molecule has 1 atom stereocenters. The molecule has 1 aliphatic rings. The van der Waals surface area contributed by atoms with Gasteiger partial charge in [-0.1, -0.05) is 44.7 Å². The summed E-state index contributed by atoms with van der Waals surface area (Å²) in [5, 5.41) is 3.05. The van der Waals surface area contributed by atoms with Crippen LogP contribution in [0.1, 0.15) is 64.4 Å². The number of ether oxygens (including phenoxy) is 1. The summed E-state index contributed by atoms with van der Waals surface area (Å²) >= 11 is 0. The Bertz CT molecular complexity index is 966. The van der Waals surface area contributed by atoms with Crippen molar-refractivity contribution in [1.29, 1.82) is 0 Å². The normalized spacial score (nSPS) is 15.7. The first-order valence-electron chi connectivity index (χ1n) is 11.6. The van der Waals surface area contributed by atoms with E-state index in [0.717, 1.165) is 44.9 Å². The lowest BCUT2D eigenvalue weighted by Crippen LogP contribution is -2.43. The van der Waals surface area contributed by atoms with Gasteiger partial charge in [0.15, 0.2) is 6.10 Å². The highest BCUT2D eigenvalue weighted by Gasteiger charge is 2.21. The summed E-state index contributed by atoms with van der Waals surface area (Å²) in [6.07, 6.45) is 8.12. The number of hydrogen-bond donors (Lipinski definition) is 2. The third-order valence-electron chi connectivity index (χ3n) is 5.79. The molecule has 0 unspecified atom stereocenters. The molecule has 7 heteroatoms. The fourth-order valence-corrected chi connectivity index (χ4v) is 4.91. The first kappa shape index (κ1) is 24.1. The van der Waals surface area contributed by atoms with Gasteiger partial charge in [-0.05, 0) is 74.6 Å². The number of carbonyl (C=O) groups excluding carboxylic acids is 1. The Balaban J connectivity index is 1.55. The smallest absolute Gasteiger partial charge is 0.261 e. The van der Waals surface area contributed by atoms with Crippen LogP contribution in [0.5, 0.6) is 5.75 Å². The van der Waals surface area contributed by atoms with Gasteiger partial charge in [0.2, 0.25) is 0 Å². The van der Waals surface area contributed by atoms with Gasteiger partial charge >= 0.3 is 0 Å². The van der Waals surface area contributed by atoms with Crippen LogP contribution in [0.15, 0.2) is 53.4 Å². The molecule has 0 saturated heterocycles. The maximum atomic E-state index is 12.7. The Labute approximate surface area is 191 Å². The number of benzene rings is 2. The van der Waals surface area contributed by atoms with Crippen LogP contribution < -0.4 is 14.8 Å². The van der Waals surface area contributed by atoms with Gasteiger partial charge < -0.3 is 10.1 Å². The zero-order chi connectivity index (χ0) is 23.0. The molecule has 1 fully saturated rings. The molecule has 6 nitrogen and oxygen atoms in total. The maximum Gasteiger partial charge on any atom is 0.261 e. The van der Waals surface area contributed by atoms with E-state index in [2.05, 4.69) is 17.0 Å². The van der Waals surface area contributed by atoms with Gasteiger partial charge in [0.1, 0.15) is 5.75 Å². The molecule has 2 aromatic rings. The first-order valence-corrected chi connectivity index (χ1v) is 13.0. The molecule has 0 aliphatic heterocycles. The van der Waals surface area contributed by atoms with Crippen molar-refractivity contribution in [3.8, 4) is 5.75 Å². The van der Waals surface area contributed by atoms with E-state index in [9.17, 15) is 13.2 Å². The van der Waals surface area contributed by atoms with Gasteiger partial charge in [0.05, 0.1) is 4.90 Å². The van der Waals surface area contributed by atoms with E-state index in [0.29, 0.717) is 11.4 Å². The van der Waals surface area contributed by atoms with Gasteiger partial charge in [0, 0.05) is 11.7 Å². The summed E-state index contributed by atoms with van der Waals surface area (Å²) in [5.41, 5.74) is 1.72. The van der Waals surface area contributed by atoms with E-state index in [1.165, 1.54) is 24.1 Å². The van der Waals surface area contributed by atoms with E-state index < -0.39 is 16.1 Å². The minimum absolute atomic E-state index is 0.138. The quantitative estimate of drug-likeness (QED) is 0.522. The van der Waals surface area contributed by atoms with E-state index in [4.69, 9.17) is 4.74 Å². The number of sulfonamides is 1. The molecular weight excluding hydrogens is 424 g/mol. The number of hydrogen-bond acceptors (Lipinski definition) is 4. The van der Waals surface area contributed by atoms with Crippen LogP contribution in [0.4, 0.5) is 5.69 Å². The van der Waals surface area contributed by atoms with Crippen molar-refractivity contribution >= 4 is 21.6 Å². The molecular formula is C25H34N2O4S. The molecule has 1 aliphatic carbocycles. The van der Waals surface area contributed by atoms with Crippen LogP contribution in [0.2, 0.25) is 0 Å². The van der Waals surface area contributed by atoms with Gasteiger partial charge in [0.25, 0.3) is 15.9 Å². The van der Waals surface area contributed by atoms with E-state index in [-0.39, 0.29) is 16.8 Å². The second kappa shape index (κ2) is 11.4. The van der Waals surface area contributed by atoms with E-state index >= 15 is 0 Å². The topological polar surface area (TPSA) is 84.5 Å². The maximum absolute atomic E-state index is 12.7. The van der Waals surface area contributed by atoms with Crippen molar-refractivity contribution in [1.82, 2.24) is 5.32 Å². The Morgan fingerprint density at radius 2 is 1.69 bits per heavy atom. The molecule has 0 bridgehead atoms. The van der Waals surface area contributed by atoms with Crippen LogP contribution in [0.3, 0.4) is 0 Å². The summed E-state index contributed by atoms with van der Waals surface area (Å²) < 4.78 is 33.7. The predicted molar refractivity (Wildman–Crippen MR) is 127 cm³/mol. The molecule has 0 aromatic heterocycles. The van der Waals surface area contributed by atoms with E-state index in [1.54, 1.807) is 31.2 Å². The second-order valence-electron chi connectivity index (χ2n) is 8.48. The highest BCUT2D eigenvalue weighted by Crippen LogP contribution is 2.21. The Kier molecular flexibility index (Phi) is 8.56. The van der Waals surface area contributed by atoms with E-state index in [1.807, 2.05) is 12.1 Å². The molecule has 2 aromatic carbocycles. The number of unbranched alkanes of at least 4 members (excludes halogenated alkanes) is 1. The third kappa shape index (κ3) is 6.99. The molecule has 2 N–H and O–H groups in total. The predicted octanol–water partition coefficient (Wildman–Crippen LogP) is 5.05. The van der Waals surface area contributed by atoms with Crippen LogP contribution in [-0.4, -0.2) is 26.5 Å². The molecule has 0 heterocycles. The molecule has 3 rings (SSSR count). The number of carbonyl (C=O) groups is 1.